The fourth-order valence-corrected chi connectivity index (χ4v) is 6.69. The Morgan fingerprint density at radius 2 is 1.74 bits per heavy atom. The third-order valence-electron chi connectivity index (χ3n) is 8.96. The van der Waals surface area contributed by atoms with E-state index in [4.69, 9.17) is 23.2 Å². The minimum atomic E-state index is -0.265. The molecular formula is C37H38Cl2N6O. The summed E-state index contributed by atoms with van der Waals surface area (Å²) in [5.41, 5.74) is 5.87. The zero-order valence-corrected chi connectivity index (χ0v) is 27.8. The van der Waals surface area contributed by atoms with Crippen LogP contribution in [0.3, 0.4) is 0 Å². The summed E-state index contributed by atoms with van der Waals surface area (Å²) in [5.74, 6) is 0.404. The lowest BCUT2D eigenvalue weighted by molar-refractivity contribution is 0.102. The van der Waals surface area contributed by atoms with Gasteiger partial charge in [0.1, 0.15) is 11.5 Å². The molecule has 0 spiro atoms. The number of piperidine rings is 1. The Labute approximate surface area is 280 Å². The number of carbonyl (C=O) groups is 1. The van der Waals surface area contributed by atoms with Crippen molar-refractivity contribution in [3.63, 3.8) is 0 Å². The number of halogens is 2. The number of anilines is 1. The van der Waals surface area contributed by atoms with Gasteiger partial charge < -0.3 is 20.1 Å². The first-order chi connectivity index (χ1) is 22.2. The molecule has 1 amide bonds. The van der Waals surface area contributed by atoms with Crippen LogP contribution in [0, 0.1) is 0 Å². The summed E-state index contributed by atoms with van der Waals surface area (Å²) in [5, 5.41) is 9.92. The summed E-state index contributed by atoms with van der Waals surface area (Å²) >= 11 is 12.7. The van der Waals surface area contributed by atoms with E-state index in [9.17, 15) is 4.79 Å². The van der Waals surface area contributed by atoms with E-state index in [1.54, 1.807) is 6.20 Å². The van der Waals surface area contributed by atoms with E-state index in [1.165, 1.54) is 0 Å². The number of fused-ring (bicyclic) bond motifs is 1. The van der Waals surface area contributed by atoms with E-state index in [1.807, 2.05) is 77.6 Å². The van der Waals surface area contributed by atoms with Crippen LogP contribution in [0.25, 0.3) is 22.2 Å². The van der Waals surface area contributed by atoms with Crippen molar-refractivity contribution in [3.05, 3.63) is 130 Å². The van der Waals surface area contributed by atoms with Crippen LogP contribution in [0.5, 0.6) is 0 Å². The van der Waals surface area contributed by atoms with Crippen LogP contribution in [0.15, 0.2) is 97.8 Å². The molecule has 5 aromatic rings. The van der Waals surface area contributed by atoms with Gasteiger partial charge in [-0.2, -0.15) is 5.10 Å². The highest BCUT2D eigenvalue weighted by atomic mass is 35.5. The van der Waals surface area contributed by atoms with Gasteiger partial charge in [-0.25, -0.2) is 4.68 Å². The number of rotatable bonds is 9. The van der Waals surface area contributed by atoms with Crippen LogP contribution in [0.4, 0.5) is 5.82 Å². The Hall–Kier alpha value is -4.30. The van der Waals surface area contributed by atoms with E-state index in [-0.39, 0.29) is 18.0 Å². The van der Waals surface area contributed by atoms with Crippen LogP contribution in [-0.4, -0.2) is 50.6 Å². The Morgan fingerprint density at radius 3 is 2.43 bits per heavy atom. The molecule has 0 saturated carbocycles. The molecule has 1 aliphatic rings. The van der Waals surface area contributed by atoms with Crippen molar-refractivity contribution in [2.24, 2.45) is 0 Å². The number of benzene rings is 3. The van der Waals surface area contributed by atoms with Gasteiger partial charge in [-0.1, -0.05) is 78.3 Å². The molecular weight excluding hydrogens is 615 g/mol. The molecule has 0 radical (unpaired) electrons. The van der Waals surface area contributed by atoms with Gasteiger partial charge in [0.25, 0.3) is 5.91 Å². The molecule has 1 aliphatic heterocycles. The predicted octanol–water partition coefficient (Wildman–Crippen LogP) is 9.29. The summed E-state index contributed by atoms with van der Waals surface area (Å²) < 4.78 is 1.95. The largest absolute Gasteiger partial charge is 0.350 e. The van der Waals surface area contributed by atoms with Gasteiger partial charge >= 0.3 is 0 Å². The van der Waals surface area contributed by atoms with Crippen LogP contribution >= 0.6 is 23.2 Å². The van der Waals surface area contributed by atoms with E-state index < -0.39 is 0 Å². The Bertz CT molecular complexity index is 1880. The first-order valence-corrected chi connectivity index (χ1v) is 16.3. The van der Waals surface area contributed by atoms with Gasteiger partial charge in [-0.05, 0) is 94.0 Å². The smallest absolute Gasteiger partial charge is 0.273 e. The summed E-state index contributed by atoms with van der Waals surface area (Å²) in [7, 11) is 2.13. The average Bonchev–Trinajstić information content (AvgIpc) is 3.68. The van der Waals surface area contributed by atoms with E-state index in [2.05, 4.69) is 64.8 Å². The van der Waals surface area contributed by atoms with E-state index in [0.29, 0.717) is 21.6 Å². The summed E-state index contributed by atoms with van der Waals surface area (Å²) in [6.07, 6.45) is 5.51. The number of likely N-dealkylation sites (tertiary alicyclic amines) is 1. The minimum Gasteiger partial charge on any atom is -0.350 e. The van der Waals surface area contributed by atoms with Crippen molar-refractivity contribution in [2.45, 2.75) is 38.8 Å². The highest BCUT2D eigenvalue weighted by Crippen LogP contribution is 2.41. The first-order valence-electron chi connectivity index (χ1n) is 15.5. The molecule has 9 heteroatoms. The molecule has 1 atom stereocenters. The number of allylic oxidation sites excluding steroid dienone is 1. The van der Waals surface area contributed by atoms with Crippen molar-refractivity contribution < 1.29 is 4.79 Å². The summed E-state index contributed by atoms with van der Waals surface area (Å²) in [6, 6.07) is 25.6. The zero-order chi connectivity index (χ0) is 32.4. The monoisotopic (exact) mass is 652 g/mol. The van der Waals surface area contributed by atoms with Crippen molar-refractivity contribution in [1.82, 2.24) is 24.6 Å². The lowest BCUT2D eigenvalue weighted by Crippen LogP contribution is -2.32. The summed E-state index contributed by atoms with van der Waals surface area (Å²) in [4.78, 5) is 22.3. The second kappa shape index (κ2) is 13.6. The fraction of sp³-hybridized carbons (Fsp3) is 0.243. The molecule has 2 N–H and O–H groups in total. The molecule has 1 unspecified atom stereocenters. The lowest BCUT2D eigenvalue weighted by atomic mass is 9.95. The first kappa shape index (κ1) is 31.7. The maximum absolute atomic E-state index is 14.4. The van der Waals surface area contributed by atoms with Gasteiger partial charge in [0.05, 0.1) is 24.0 Å². The second-order valence-electron chi connectivity index (χ2n) is 11.9. The van der Waals surface area contributed by atoms with Crippen molar-refractivity contribution in [3.8, 4) is 0 Å². The number of amides is 1. The lowest BCUT2D eigenvalue weighted by Gasteiger charge is -2.33. The molecule has 2 aromatic heterocycles. The second-order valence-corrected chi connectivity index (χ2v) is 12.7. The molecule has 46 heavy (non-hydrogen) atoms. The van der Waals surface area contributed by atoms with Crippen molar-refractivity contribution in [2.75, 3.05) is 25.5 Å². The van der Waals surface area contributed by atoms with Crippen LogP contribution in [0.2, 0.25) is 10.0 Å². The van der Waals surface area contributed by atoms with E-state index in [0.717, 1.165) is 64.8 Å². The Kier molecular flexibility index (Phi) is 9.36. The average molecular weight is 654 g/mol. The molecule has 1 saturated heterocycles. The van der Waals surface area contributed by atoms with Crippen LogP contribution < -0.4 is 5.32 Å². The highest BCUT2D eigenvalue weighted by Gasteiger charge is 2.29. The number of hydrogen-bond acceptors (Lipinski definition) is 4. The standard InChI is InChI=1S/C37H38Cl2N6O/c1-5-44(25(3)27-11-13-28(38)14-12-27)36(24(2)26-9-7-6-8-10-26)34-31-16-15-29(39)23-32(31)41-35(34)37(46)42-33-17-20-40-45(33)30-18-21-43(4)22-19-30/h5-17,20,23,25,30,41H,1,18-19,21-22H2,2-4H3,(H,42,46)/b36-24+. The van der Waals surface area contributed by atoms with E-state index >= 15 is 0 Å². The summed E-state index contributed by atoms with van der Waals surface area (Å²) in [6.45, 7) is 10.4. The third-order valence-corrected chi connectivity index (χ3v) is 9.44. The molecule has 3 heterocycles. The van der Waals surface area contributed by atoms with Gasteiger partial charge in [-0.15, -0.1) is 0 Å². The minimum absolute atomic E-state index is 0.137. The van der Waals surface area contributed by atoms with Crippen molar-refractivity contribution in [1.29, 1.82) is 0 Å². The predicted molar refractivity (Wildman–Crippen MR) is 190 cm³/mol. The number of nitrogens with one attached hydrogen (secondary N) is 2. The van der Waals surface area contributed by atoms with Crippen molar-refractivity contribution >= 4 is 57.1 Å². The Balaban J connectivity index is 1.51. The van der Waals surface area contributed by atoms with Gasteiger partial charge in [0.2, 0.25) is 0 Å². The fourth-order valence-electron chi connectivity index (χ4n) is 6.39. The molecule has 0 bridgehead atoms. The molecule has 1 fully saturated rings. The molecule has 0 aliphatic carbocycles. The molecule has 3 aromatic carbocycles. The van der Waals surface area contributed by atoms with Gasteiger partial charge in [-0.3, -0.25) is 4.79 Å². The third kappa shape index (κ3) is 6.36. The number of nitrogens with zero attached hydrogens (tertiary/aromatic N) is 4. The number of aromatic nitrogens is 3. The zero-order valence-electron chi connectivity index (χ0n) is 26.3. The van der Waals surface area contributed by atoms with Gasteiger partial charge in [0.15, 0.2) is 0 Å². The van der Waals surface area contributed by atoms with Gasteiger partial charge in [0, 0.05) is 32.6 Å². The SMILES string of the molecule is C=CN(/C(=C(\C)c1ccccc1)c1c(C(=O)Nc2ccnn2C2CCN(C)CC2)[nH]c2cc(Cl)ccc12)C(C)c1ccc(Cl)cc1. The molecule has 7 nitrogen and oxygen atoms in total. The number of carbonyl (C=O) groups excluding carboxylic acids is 1. The quantitative estimate of drug-likeness (QED) is 0.166. The Morgan fingerprint density at radius 1 is 1.04 bits per heavy atom. The molecule has 236 valence electrons. The number of hydrogen-bond donors (Lipinski definition) is 2. The topological polar surface area (TPSA) is 69.2 Å². The van der Waals surface area contributed by atoms with Crippen LogP contribution in [0.1, 0.15) is 66.0 Å². The normalized spacial score (nSPS) is 15.4. The molecule has 6 rings (SSSR count). The maximum atomic E-state index is 14.4. The number of H-pyrrole nitrogens is 1. The van der Waals surface area contributed by atoms with Crippen LogP contribution in [-0.2, 0) is 0 Å². The number of aromatic amines is 1. The highest BCUT2D eigenvalue weighted by molar-refractivity contribution is 6.31. The maximum Gasteiger partial charge on any atom is 0.273 e.